The monoisotopic (exact) mass is 313 g/mol. The molecular weight excluding hydrogens is 294 g/mol. The molecule has 1 atom stereocenters. The van der Waals surface area contributed by atoms with Gasteiger partial charge in [-0.25, -0.2) is 0 Å². The Morgan fingerprint density at radius 1 is 1.52 bits per heavy atom. The Bertz CT molecular complexity index is 710. The smallest absolute Gasteiger partial charge is 0.136 e. The summed E-state index contributed by atoms with van der Waals surface area (Å²) in [6, 6.07) is 7.74. The Hall–Kier alpha value is -2.43. The number of hydrogen-bond acceptors (Lipinski definition) is 6. The van der Waals surface area contributed by atoms with Crippen LogP contribution < -0.4 is 4.74 Å². The van der Waals surface area contributed by atoms with Gasteiger partial charge in [0.05, 0.1) is 18.9 Å². The highest BCUT2D eigenvalue weighted by atomic mass is 16.5. The maximum atomic E-state index is 10.8. The van der Waals surface area contributed by atoms with E-state index in [0.717, 1.165) is 18.5 Å². The lowest BCUT2D eigenvalue weighted by Gasteiger charge is -2.38. The van der Waals surface area contributed by atoms with E-state index in [1.165, 1.54) is 0 Å². The number of aromatic amines is 1. The highest BCUT2D eigenvalue weighted by Crippen LogP contribution is 2.30. The Labute approximate surface area is 134 Å². The standard InChI is InChI=1S/C16H19N5O2/c1-23-14-4-3-12(7-13(14)8-17)10-21-6-2-5-16(22,11-21)15-9-18-20-19-15/h3-4,7,9,22H,2,5-6,10-11H2,1H3,(H,18,19,20). The number of piperidine rings is 1. The second-order valence-electron chi connectivity index (χ2n) is 5.85. The Kier molecular flexibility index (Phi) is 4.28. The molecule has 0 bridgehead atoms. The largest absolute Gasteiger partial charge is 0.495 e. The maximum absolute atomic E-state index is 10.8. The molecular formula is C16H19N5O2. The molecule has 1 saturated heterocycles. The fourth-order valence-corrected chi connectivity index (χ4v) is 3.09. The van der Waals surface area contributed by atoms with Crippen LogP contribution in [-0.2, 0) is 12.1 Å². The van der Waals surface area contributed by atoms with Crippen LogP contribution in [0.2, 0.25) is 0 Å². The van der Waals surface area contributed by atoms with Gasteiger partial charge in [0.1, 0.15) is 23.1 Å². The molecule has 2 aromatic rings. The molecule has 3 rings (SSSR count). The van der Waals surface area contributed by atoms with Crippen molar-refractivity contribution in [2.24, 2.45) is 0 Å². The van der Waals surface area contributed by atoms with Crippen molar-refractivity contribution in [3.8, 4) is 11.8 Å². The zero-order valence-electron chi connectivity index (χ0n) is 13.0. The molecule has 2 N–H and O–H groups in total. The van der Waals surface area contributed by atoms with Crippen LogP contribution in [0, 0.1) is 11.3 Å². The molecule has 1 unspecified atom stereocenters. The summed E-state index contributed by atoms with van der Waals surface area (Å²) in [5.74, 6) is 0.578. The number of ether oxygens (including phenoxy) is 1. The second-order valence-corrected chi connectivity index (χ2v) is 5.85. The van der Waals surface area contributed by atoms with Crippen molar-refractivity contribution < 1.29 is 9.84 Å². The Morgan fingerprint density at radius 2 is 2.39 bits per heavy atom. The van der Waals surface area contributed by atoms with Gasteiger partial charge in [0.25, 0.3) is 0 Å². The van der Waals surface area contributed by atoms with Crippen LogP contribution in [0.15, 0.2) is 24.4 Å². The lowest BCUT2D eigenvalue weighted by Crippen LogP contribution is -2.45. The van der Waals surface area contributed by atoms with Crippen molar-refractivity contribution >= 4 is 0 Å². The van der Waals surface area contributed by atoms with E-state index < -0.39 is 5.60 Å². The fourth-order valence-electron chi connectivity index (χ4n) is 3.09. The van der Waals surface area contributed by atoms with E-state index in [1.54, 1.807) is 13.3 Å². The van der Waals surface area contributed by atoms with Gasteiger partial charge in [-0.1, -0.05) is 6.07 Å². The number of hydrogen-bond donors (Lipinski definition) is 2. The number of β-amino-alcohol motifs (C(OH)–C–C–N with tert-alkyl or cyclic N) is 1. The predicted molar refractivity (Wildman–Crippen MR) is 82.5 cm³/mol. The first kappa shape index (κ1) is 15.5. The van der Waals surface area contributed by atoms with E-state index in [9.17, 15) is 10.4 Å². The average molecular weight is 313 g/mol. The number of likely N-dealkylation sites (tertiary alicyclic amines) is 1. The molecule has 7 heteroatoms. The van der Waals surface area contributed by atoms with E-state index in [0.29, 0.717) is 36.5 Å². The van der Waals surface area contributed by atoms with Gasteiger partial charge in [0, 0.05) is 13.1 Å². The molecule has 1 aromatic heterocycles. The first-order chi connectivity index (χ1) is 11.1. The van der Waals surface area contributed by atoms with Crippen molar-refractivity contribution in [2.75, 3.05) is 20.2 Å². The minimum Gasteiger partial charge on any atom is -0.495 e. The van der Waals surface area contributed by atoms with E-state index >= 15 is 0 Å². The normalized spacial score (nSPS) is 21.8. The predicted octanol–water partition coefficient (Wildman–Crippen LogP) is 1.17. The average Bonchev–Trinajstić information content (AvgIpc) is 3.10. The van der Waals surface area contributed by atoms with Gasteiger partial charge >= 0.3 is 0 Å². The number of nitriles is 1. The topological polar surface area (TPSA) is 98.1 Å². The first-order valence-electron chi connectivity index (χ1n) is 7.52. The van der Waals surface area contributed by atoms with E-state index in [1.807, 2.05) is 18.2 Å². The lowest BCUT2D eigenvalue weighted by molar-refractivity contribution is -0.0414. The molecule has 1 aromatic carbocycles. The van der Waals surface area contributed by atoms with Gasteiger partial charge in [-0.2, -0.15) is 20.7 Å². The molecule has 1 fully saturated rings. The minimum absolute atomic E-state index is 0.494. The molecule has 1 aliphatic heterocycles. The summed E-state index contributed by atoms with van der Waals surface area (Å²) >= 11 is 0. The van der Waals surface area contributed by atoms with Crippen molar-refractivity contribution in [1.82, 2.24) is 20.3 Å². The van der Waals surface area contributed by atoms with Crippen LogP contribution in [0.4, 0.5) is 0 Å². The van der Waals surface area contributed by atoms with Crippen molar-refractivity contribution in [3.63, 3.8) is 0 Å². The summed E-state index contributed by atoms with van der Waals surface area (Å²) in [4.78, 5) is 2.17. The lowest BCUT2D eigenvalue weighted by atomic mass is 9.90. The molecule has 1 aliphatic rings. The summed E-state index contributed by atoms with van der Waals surface area (Å²) in [6.07, 6.45) is 3.12. The first-order valence-corrected chi connectivity index (χ1v) is 7.52. The SMILES string of the molecule is COc1ccc(CN2CCCC(O)(c3cn[nH]n3)C2)cc1C#N. The highest BCUT2D eigenvalue weighted by Gasteiger charge is 2.37. The highest BCUT2D eigenvalue weighted by molar-refractivity contribution is 5.45. The summed E-state index contributed by atoms with van der Waals surface area (Å²) in [6.45, 7) is 2.06. The summed E-state index contributed by atoms with van der Waals surface area (Å²) in [5, 5.41) is 30.4. The van der Waals surface area contributed by atoms with Gasteiger partial charge in [-0.15, -0.1) is 0 Å². The Morgan fingerprint density at radius 3 is 3.09 bits per heavy atom. The number of nitrogens with one attached hydrogen (secondary N) is 1. The van der Waals surface area contributed by atoms with Crippen LogP contribution in [0.3, 0.4) is 0 Å². The molecule has 0 saturated carbocycles. The van der Waals surface area contributed by atoms with Crippen LogP contribution in [-0.4, -0.2) is 45.6 Å². The van der Waals surface area contributed by atoms with Gasteiger partial charge in [-0.05, 0) is 37.1 Å². The third-order valence-electron chi connectivity index (χ3n) is 4.23. The van der Waals surface area contributed by atoms with Crippen LogP contribution >= 0.6 is 0 Å². The van der Waals surface area contributed by atoms with Gasteiger partial charge in [0.15, 0.2) is 0 Å². The number of H-pyrrole nitrogens is 1. The molecule has 0 spiro atoms. The third-order valence-corrected chi connectivity index (χ3v) is 4.23. The summed E-state index contributed by atoms with van der Waals surface area (Å²) in [5.41, 5.74) is 1.14. The van der Waals surface area contributed by atoms with Crippen LogP contribution in [0.25, 0.3) is 0 Å². The number of methoxy groups -OCH3 is 1. The van der Waals surface area contributed by atoms with E-state index in [-0.39, 0.29) is 0 Å². The fraction of sp³-hybridized carbons (Fsp3) is 0.438. The number of aliphatic hydroxyl groups is 1. The minimum atomic E-state index is -0.976. The quantitative estimate of drug-likeness (QED) is 0.879. The molecule has 0 aliphatic carbocycles. The number of nitrogens with zero attached hydrogens (tertiary/aromatic N) is 4. The van der Waals surface area contributed by atoms with Crippen molar-refractivity contribution in [1.29, 1.82) is 5.26 Å². The number of aromatic nitrogens is 3. The van der Waals surface area contributed by atoms with Gasteiger partial charge in [-0.3, -0.25) is 4.90 Å². The molecule has 0 radical (unpaired) electrons. The second kappa shape index (κ2) is 6.36. The maximum Gasteiger partial charge on any atom is 0.136 e. The van der Waals surface area contributed by atoms with E-state index in [4.69, 9.17) is 4.74 Å². The van der Waals surface area contributed by atoms with Crippen LogP contribution in [0.1, 0.15) is 29.7 Å². The third kappa shape index (κ3) is 3.18. The van der Waals surface area contributed by atoms with Crippen LogP contribution in [0.5, 0.6) is 5.75 Å². The summed E-state index contributed by atoms with van der Waals surface area (Å²) < 4.78 is 5.17. The Balaban J connectivity index is 1.74. The molecule has 7 nitrogen and oxygen atoms in total. The van der Waals surface area contributed by atoms with Gasteiger partial charge < -0.3 is 9.84 Å². The van der Waals surface area contributed by atoms with E-state index in [2.05, 4.69) is 26.4 Å². The number of rotatable bonds is 4. The molecule has 23 heavy (non-hydrogen) atoms. The number of benzene rings is 1. The molecule has 120 valence electrons. The van der Waals surface area contributed by atoms with Crippen molar-refractivity contribution in [2.45, 2.75) is 25.0 Å². The zero-order valence-corrected chi connectivity index (χ0v) is 13.0. The zero-order chi connectivity index (χ0) is 16.3. The summed E-state index contributed by atoms with van der Waals surface area (Å²) in [7, 11) is 1.55. The molecule has 0 amide bonds. The van der Waals surface area contributed by atoms with Gasteiger partial charge in [0.2, 0.25) is 0 Å². The van der Waals surface area contributed by atoms with Crippen molar-refractivity contribution in [3.05, 3.63) is 41.2 Å². The molecule has 2 heterocycles.